The van der Waals surface area contributed by atoms with Gasteiger partial charge in [0.1, 0.15) is 0 Å². The molecule has 0 aromatic heterocycles. The number of ketones is 1. The van der Waals surface area contributed by atoms with Crippen molar-refractivity contribution in [2.45, 2.75) is 6.92 Å². The Morgan fingerprint density at radius 2 is 1.85 bits per heavy atom. The van der Waals surface area contributed by atoms with Gasteiger partial charge in [-0.3, -0.25) is 9.59 Å². The van der Waals surface area contributed by atoms with E-state index in [1.807, 2.05) is 25.1 Å². The molecule has 3 nitrogen and oxygen atoms in total. The molecule has 0 fully saturated rings. The summed E-state index contributed by atoms with van der Waals surface area (Å²) in [4.78, 5) is 24.0. The van der Waals surface area contributed by atoms with Crippen LogP contribution < -0.4 is 5.73 Å². The number of carbonyl (C=O) groups is 2. The Labute approximate surface area is 122 Å². The van der Waals surface area contributed by atoms with Crippen molar-refractivity contribution < 1.29 is 9.59 Å². The SMILES string of the molecule is Cc1cccc(C(=O)CSC(=O)c2ccccc2N)c1. The average molecular weight is 285 g/mol. The van der Waals surface area contributed by atoms with Crippen LogP contribution in [0.25, 0.3) is 0 Å². The van der Waals surface area contributed by atoms with E-state index in [9.17, 15) is 9.59 Å². The van der Waals surface area contributed by atoms with E-state index < -0.39 is 0 Å². The van der Waals surface area contributed by atoms with Crippen LogP contribution in [0.2, 0.25) is 0 Å². The van der Waals surface area contributed by atoms with Crippen molar-refractivity contribution >= 4 is 28.3 Å². The number of benzene rings is 2. The molecule has 0 saturated heterocycles. The Hall–Kier alpha value is -2.07. The fraction of sp³-hybridized carbons (Fsp3) is 0.125. The van der Waals surface area contributed by atoms with E-state index in [2.05, 4.69) is 0 Å². The van der Waals surface area contributed by atoms with Crippen molar-refractivity contribution in [2.24, 2.45) is 0 Å². The summed E-state index contributed by atoms with van der Waals surface area (Å²) in [6.07, 6.45) is 0. The molecule has 0 aliphatic rings. The molecule has 0 saturated carbocycles. The highest BCUT2D eigenvalue weighted by Gasteiger charge is 2.13. The lowest BCUT2D eigenvalue weighted by molar-refractivity contribution is 0.101. The molecule has 2 aromatic rings. The molecule has 2 N–H and O–H groups in total. The maximum absolute atomic E-state index is 12.0. The van der Waals surface area contributed by atoms with E-state index in [4.69, 9.17) is 5.73 Å². The summed E-state index contributed by atoms with van der Waals surface area (Å²) in [5, 5.41) is -0.177. The fourth-order valence-corrected chi connectivity index (χ4v) is 2.56. The van der Waals surface area contributed by atoms with Crippen LogP contribution in [0.3, 0.4) is 0 Å². The van der Waals surface area contributed by atoms with Crippen LogP contribution in [-0.4, -0.2) is 16.7 Å². The lowest BCUT2D eigenvalue weighted by atomic mass is 10.1. The second kappa shape index (κ2) is 6.39. The maximum atomic E-state index is 12.0. The highest BCUT2D eigenvalue weighted by molar-refractivity contribution is 8.14. The highest BCUT2D eigenvalue weighted by Crippen LogP contribution is 2.19. The topological polar surface area (TPSA) is 60.2 Å². The van der Waals surface area contributed by atoms with Crippen molar-refractivity contribution in [1.82, 2.24) is 0 Å². The van der Waals surface area contributed by atoms with Gasteiger partial charge < -0.3 is 5.73 Å². The Bertz CT molecular complexity index is 652. The zero-order chi connectivity index (χ0) is 14.5. The molecule has 0 unspecified atom stereocenters. The number of anilines is 1. The van der Waals surface area contributed by atoms with Gasteiger partial charge in [0.2, 0.25) is 5.12 Å². The second-order valence-electron chi connectivity index (χ2n) is 4.46. The minimum absolute atomic E-state index is 0.0541. The molecular weight excluding hydrogens is 270 g/mol. The van der Waals surface area contributed by atoms with Gasteiger partial charge in [0.05, 0.1) is 11.3 Å². The average Bonchev–Trinajstić information content (AvgIpc) is 2.45. The number of carbonyl (C=O) groups excluding carboxylic acids is 2. The molecule has 20 heavy (non-hydrogen) atoms. The summed E-state index contributed by atoms with van der Waals surface area (Å²) in [7, 11) is 0. The molecule has 0 spiro atoms. The third-order valence-corrected chi connectivity index (χ3v) is 3.74. The molecule has 102 valence electrons. The number of hydrogen-bond donors (Lipinski definition) is 1. The highest BCUT2D eigenvalue weighted by atomic mass is 32.2. The van der Waals surface area contributed by atoms with Gasteiger partial charge in [0.15, 0.2) is 5.78 Å². The van der Waals surface area contributed by atoms with Crippen LogP contribution in [-0.2, 0) is 0 Å². The Morgan fingerprint density at radius 3 is 2.55 bits per heavy atom. The van der Waals surface area contributed by atoms with E-state index >= 15 is 0 Å². The number of thioether (sulfide) groups is 1. The quantitative estimate of drug-likeness (QED) is 0.691. The van der Waals surface area contributed by atoms with Gasteiger partial charge >= 0.3 is 0 Å². The molecule has 0 aliphatic heterocycles. The predicted octanol–water partition coefficient (Wildman–Crippen LogP) is 3.33. The third-order valence-electron chi connectivity index (χ3n) is 2.86. The summed E-state index contributed by atoms with van der Waals surface area (Å²) in [6, 6.07) is 14.2. The minimum atomic E-state index is -0.177. The normalized spacial score (nSPS) is 10.2. The number of nitrogens with two attached hydrogens (primary N) is 1. The van der Waals surface area contributed by atoms with Gasteiger partial charge in [0.25, 0.3) is 0 Å². The number of Topliss-reactive ketones (excluding diaryl/α,β-unsaturated/α-hetero) is 1. The summed E-state index contributed by atoms with van der Waals surface area (Å²) < 4.78 is 0. The van der Waals surface area contributed by atoms with Gasteiger partial charge in [-0.25, -0.2) is 0 Å². The largest absolute Gasteiger partial charge is 0.398 e. The zero-order valence-electron chi connectivity index (χ0n) is 11.1. The first-order valence-corrected chi connectivity index (χ1v) is 7.18. The van der Waals surface area contributed by atoms with Gasteiger partial charge in [-0.15, -0.1) is 0 Å². The van der Waals surface area contributed by atoms with Gasteiger partial charge in [-0.1, -0.05) is 47.7 Å². The predicted molar refractivity (Wildman–Crippen MR) is 83.2 cm³/mol. The van der Waals surface area contributed by atoms with E-state index in [0.717, 1.165) is 17.3 Å². The van der Waals surface area contributed by atoms with E-state index in [1.54, 1.807) is 30.3 Å². The Morgan fingerprint density at radius 1 is 1.10 bits per heavy atom. The molecule has 0 heterocycles. The third kappa shape index (κ3) is 3.48. The van der Waals surface area contributed by atoms with Gasteiger partial charge in [-0.2, -0.15) is 0 Å². The van der Waals surface area contributed by atoms with E-state index in [0.29, 0.717) is 16.8 Å². The standard InChI is InChI=1S/C16H15NO2S/c1-11-5-4-6-12(9-11)15(18)10-20-16(19)13-7-2-3-8-14(13)17/h2-9H,10,17H2,1H3. The lowest BCUT2D eigenvalue weighted by Crippen LogP contribution is -2.07. The van der Waals surface area contributed by atoms with Gasteiger partial charge in [0, 0.05) is 11.3 Å². The minimum Gasteiger partial charge on any atom is -0.398 e. The summed E-state index contributed by atoms with van der Waals surface area (Å²) in [6.45, 7) is 1.93. The number of hydrogen-bond acceptors (Lipinski definition) is 4. The number of rotatable bonds is 4. The van der Waals surface area contributed by atoms with Crippen molar-refractivity contribution in [3.63, 3.8) is 0 Å². The van der Waals surface area contributed by atoms with Crippen LogP contribution in [0.4, 0.5) is 5.69 Å². The number of aryl methyl sites for hydroxylation is 1. The molecule has 0 atom stereocenters. The van der Waals surface area contributed by atoms with Crippen molar-refractivity contribution in [3.8, 4) is 0 Å². The molecule has 0 radical (unpaired) electrons. The first-order chi connectivity index (χ1) is 9.58. The smallest absolute Gasteiger partial charge is 0.221 e. The summed E-state index contributed by atoms with van der Waals surface area (Å²) >= 11 is 0.984. The maximum Gasteiger partial charge on any atom is 0.221 e. The number of para-hydroxylation sites is 1. The molecular formula is C16H15NO2S. The van der Waals surface area contributed by atoms with E-state index in [1.165, 1.54) is 0 Å². The zero-order valence-corrected chi connectivity index (χ0v) is 11.9. The Kier molecular flexibility index (Phi) is 4.58. The summed E-state index contributed by atoms with van der Waals surface area (Å²) in [5.41, 5.74) is 8.29. The molecule has 0 amide bonds. The van der Waals surface area contributed by atoms with Gasteiger partial charge in [-0.05, 0) is 25.1 Å². The molecule has 0 bridgehead atoms. The fourth-order valence-electron chi connectivity index (χ4n) is 1.79. The molecule has 2 aromatic carbocycles. The second-order valence-corrected chi connectivity index (χ2v) is 5.40. The monoisotopic (exact) mass is 285 g/mol. The molecule has 4 heteroatoms. The number of nitrogen functional groups attached to an aromatic ring is 1. The van der Waals surface area contributed by atoms with Crippen LogP contribution in [0.15, 0.2) is 48.5 Å². The molecule has 2 rings (SSSR count). The first-order valence-electron chi connectivity index (χ1n) is 6.19. The van der Waals surface area contributed by atoms with Crippen LogP contribution in [0.5, 0.6) is 0 Å². The Balaban J connectivity index is 2.01. The van der Waals surface area contributed by atoms with Crippen LogP contribution in [0, 0.1) is 6.92 Å². The van der Waals surface area contributed by atoms with Crippen LogP contribution in [0.1, 0.15) is 26.3 Å². The lowest BCUT2D eigenvalue weighted by Gasteiger charge is -2.04. The van der Waals surface area contributed by atoms with Crippen molar-refractivity contribution in [3.05, 3.63) is 65.2 Å². The summed E-state index contributed by atoms with van der Waals surface area (Å²) in [5.74, 6) is 0.0675. The first kappa shape index (κ1) is 14.3. The molecule has 0 aliphatic carbocycles. The van der Waals surface area contributed by atoms with Crippen molar-refractivity contribution in [2.75, 3.05) is 11.5 Å². The van der Waals surface area contributed by atoms with Crippen LogP contribution >= 0.6 is 11.8 Å². The van der Waals surface area contributed by atoms with E-state index in [-0.39, 0.29) is 16.7 Å². The van der Waals surface area contributed by atoms with Crippen molar-refractivity contribution in [1.29, 1.82) is 0 Å².